The molecular formula is C17H25NO2. The van der Waals surface area contributed by atoms with Crippen molar-refractivity contribution < 1.29 is 9.53 Å². The van der Waals surface area contributed by atoms with Gasteiger partial charge in [0.15, 0.2) is 0 Å². The van der Waals surface area contributed by atoms with Gasteiger partial charge in [0.2, 0.25) is 5.91 Å². The Balaban J connectivity index is 2.07. The van der Waals surface area contributed by atoms with Crippen LogP contribution < -0.4 is 0 Å². The Morgan fingerprint density at radius 2 is 2.00 bits per heavy atom. The van der Waals surface area contributed by atoms with Crippen molar-refractivity contribution in [1.29, 1.82) is 0 Å². The monoisotopic (exact) mass is 275 g/mol. The van der Waals surface area contributed by atoms with Gasteiger partial charge in [0.05, 0.1) is 19.3 Å². The third-order valence-corrected chi connectivity index (χ3v) is 4.16. The van der Waals surface area contributed by atoms with Gasteiger partial charge < -0.3 is 9.64 Å². The second kappa shape index (κ2) is 7.44. The summed E-state index contributed by atoms with van der Waals surface area (Å²) in [7, 11) is 0. The van der Waals surface area contributed by atoms with Gasteiger partial charge in [-0.25, -0.2) is 0 Å². The number of ether oxygens (including phenoxy) is 1. The van der Waals surface area contributed by atoms with Crippen LogP contribution in [0.2, 0.25) is 0 Å². The predicted octanol–water partition coefficient (Wildman–Crippen LogP) is 2.89. The normalized spacial score (nSPS) is 19.4. The van der Waals surface area contributed by atoms with Crippen LogP contribution in [0.4, 0.5) is 0 Å². The highest BCUT2D eigenvalue weighted by Crippen LogP contribution is 2.19. The maximum absolute atomic E-state index is 12.6. The van der Waals surface area contributed by atoms with Crippen LogP contribution in [0.1, 0.15) is 32.3 Å². The highest BCUT2D eigenvalue weighted by atomic mass is 16.5. The quantitative estimate of drug-likeness (QED) is 0.827. The Hall–Kier alpha value is -1.35. The molecule has 1 unspecified atom stereocenters. The minimum absolute atomic E-state index is 0.159. The zero-order chi connectivity index (χ0) is 14.4. The highest BCUT2D eigenvalue weighted by Gasteiger charge is 2.30. The molecule has 0 aliphatic carbocycles. The van der Waals surface area contributed by atoms with Crippen molar-refractivity contribution in [2.45, 2.75) is 39.2 Å². The van der Waals surface area contributed by atoms with Gasteiger partial charge >= 0.3 is 0 Å². The van der Waals surface area contributed by atoms with Gasteiger partial charge in [-0.1, -0.05) is 44.2 Å². The molecule has 1 heterocycles. The standard InChI is InChI=1S/C17H25NO2/c1-3-15(4-2)17(19)18-10-11-20-13-16(18)12-14-8-6-5-7-9-14/h5-9,15-16H,3-4,10-13H2,1-2H3. The summed E-state index contributed by atoms with van der Waals surface area (Å²) < 4.78 is 5.59. The third kappa shape index (κ3) is 3.60. The van der Waals surface area contributed by atoms with Crippen molar-refractivity contribution >= 4 is 5.91 Å². The van der Waals surface area contributed by atoms with Crippen LogP contribution in [0.5, 0.6) is 0 Å². The first kappa shape index (κ1) is 15.0. The summed E-state index contributed by atoms with van der Waals surface area (Å²) in [4.78, 5) is 14.7. The van der Waals surface area contributed by atoms with Crippen LogP contribution in [0.3, 0.4) is 0 Å². The summed E-state index contributed by atoms with van der Waals surface area (Å²) in [6, 6.07) is 10.5. The Bertz CT molecular complexity index is 414. The Morgan fingerprint density at radius 1 is 1.30 bits per heavy atom. The van der Waals surface area contributed by atoms with E-state index < -0.39 is 0 Å². The molecule has 1 amide bonds. The van der Waals surface area contributed by atoms with E-state index in [1.165, 1.54) is 5.56 Å². The van der Waals surface area contributed by atoms with E-state index in [4.69, 9.17) is 4.74 Å². The number of nitrogens with zero attached hydrogens (tertiary/aromatic N) is 1. The molecule has 20 heavy (non-hydrogen) atoms. The van der Waals surface area contributed by atoms with Crippen LogP contribution in [0.15, 0.2) is 30.3 Å². The van der Waals surface area contributed by atoms with Crippen molar-refractivity contribution in [1.82, 2.24) is 4.90 Å². The van der Waals surface area contributed by atoms with E-state index in [0.717, 1.165) is 25.8 Å². The fourth-order valence-corrected chi connectivity index (χ4v) is 2.87. The van der Waals surface area contributed by atoms with Crippen molar-refractivity contribution in [3.63, 3.8) is 0 Å². The van der Waals surface area contributed by atoms with Crippen molar-refractivity contribution in [2.75, 3.05) is 19.8 Å². The molecule has 1 aliphatic heterocycles. The first-order valence-corrected chi connectivity index (χ1v) is 7.68. The van der Waals surface area contributed by atoms with Crippen molar-refractivity contribution in [3.05, 3.63) is 35.9 Å². The van der Waals surface area contributed by atoms with E-state index in [1.54, 1.807) is 0 Å². The number of hydrogen-bond acceptors (Lipinski definition) is 2. The number of hydrogen-bond donors (Lipinski definition) is 0. The molecule has 2 rings (SSSR count). The number of carbonyl (C=O) groups is 1. The van der Waals surface area contributed by atoms with Crippen LogP contribution in [0, 0.1) is 5.92 Å². The molecule has 1 atom stereocenters. The van der Waals surface area contributed by atoms with Gasteiger partial charge in [-0.05, 0) is 24.8 Å². The summed E-state index contributed by atoms with van der Waals surface area (Å²) in [6.45, 7) is 6.24. The van der Waals surface area contributed by atoms with Crippen molar-refractivity contribution in [3.8, 4) is 0 Å². The van der Waals surface area contributed by atoms with Crippen LogP contribution in [0.25, 0.3) is 0 Å². The van der Waals surface area contributed by atoms with Gasteiger partial charge in [-0.3, -0.25) is 4.79 Å². The Morgan fingerprint density at radius 3 is 2.65 bits per heavy atom. The van der Waals surface area contributed by atoms with E-state index in [9.17, 15) is 4.79 Å². The van der Waals surface area contributed by atoms with E-state index >= 15 is 0 Å². The number of rotatable bonds is 5. The van der Waals surface area contributed by atoms with Crippen LogP contribution in [-0.2, 0) is 16.0 Å². The molecule has 1 fully saturated rings. The molecule has 1 aromatic rings. The van der Waals surface area contributed by atoms with E-state index in [2.05, 4.69) is 26.0 Å². The van der Waals surface area contributed by atoms with E-state index in [-0.39, 0.29) is 12.0 Å². The number of morpholine rings is 1. The van der Waals surface area contributed by atoms with Gasteiger partial charge in [0.1, 0.15) is 0 Å². The lowest BCUT2D eigenvalue weighted by atomic mass is 9.98. The molecule has 3 heteroatoms. The lowest BCUT2D eigenvalue weighted by Crippen LogP contribution is -2.51. The lowest BCUT2D eigenvalue weighted by molar-refractivity contribution is -0.144. The molecule has 0 saturated carbocycles. The largest absolute Gasteiger partial charge is 0.377 e. The summed E-state index contributed by atoms with van der Waals surface area (Å²) in [5, 5.41) is 0. The fraction of sp³-hybridized carbons (Fsp3) is 0.588. The summed E-state index contributed by atoms with van der Waals surface area (Å²) >= 11 is 0. The van der Waals surface area contributed by atoms with E-state index in [1.807, 2.05) is 23.1 Å². The molecule has 0 spiro atoms. The predicted molar refractivity (Wildman–Crippen MR) is 80.5 cm³/mol. The minimum Gasteiger partial charge on any atom is -0.377 e. The Labute approximate surface area is 121 Å². The second-order valence-corrected chi connectivity index (χ2v) is 5.46. The molecule has 110 valence electrons. The smallest absolute Gasteiger partial charge is 0.226 e. The topological polar surface area (TPSA) is 29.5 Å². The highest BCUT2D eigenvalue weighted by molar-refractivity contribution is 5.79. The molecule has 3 nitrogen and oxygen atoms in total. The zero-order valence-corrected chi connectivity index (χ0v) is 12.5. The molecular weight excluding hydrogens is 250 g/mol. The van der Waals surface area contributed by atoms with Crippen LogP contribution >= 0.6 is 0 Å². The molecule has 0 bridgehead atoms. The van der Waals surface area contributed by atoms with Gasteiger partial charge in [-0.15, -0.1) is 0 Å². The molecule has 1 aliphatic rings. The summed E-state index contributed by atoms with van der Waals surface area (Å²) in [6.07, 6.45) is 2.72. The van der Waals surface area contributed by atoms with Crippen LogP contribution in [-0.4, -0.2) is 36.6 Å². The summed E-state index contributed by atoms with van der Waals surface area (Å²) in [5.41, 5.74) is 1.27. The second-order valence-electron chi connectivity index (χ2n) is 5.46. The average Bonchev–Trinajstić information content (AvgIpc) is 2.50. The van der Waals surface area contributed by atoms with Gasteiger partial charge in [-0.2, -0.15) is 0 Å². The maximum atomic E-state index is 12.6. The third-order valence-electron chi connectivity index (χ3n) is 4.16. The minimum atomic E-state index is 0.159. The zero-order valence-electron chi connectivity index (χ0n) is 12.5. The lowest BCUT2D eigenvalue weighted by Gasteiger charge is -2.37. The molecule has 0 aromatic heterocycles. The molecule has 0 N–H and O–H groups in total. The molecule has 0 radical (unpaired) electrons. The summed E-state index contributed by atoms with van der Waals surface area (Å²) in [5.74, 6) is 0.464. The van der Waals surface area contributed by atoms with Gasteiger partial charge in [0, 0.05) is 12.5 Å². The number of carbonyl (C=O) groups excluding carboxylic acids is 1. The Kier molecular flexibility index (Phi) is 5.60. The van der Waals surface area contributed by atoms with Crippen molar-refractivity contribution in [2.24, 2.45) is 5.92 Å². The first-order chi connectivity index (χ1) is 9.76. The van der Waals surface area contributed by atoms with E-state index in [0.29, 0.717) is 19.1 Å². The number of benzene rings is 1. The number of amides is 1. The average molecular weight is 275 g/mol. The first-order valence-electron chi connectivity index (χ1n) is 7.68. The molecule has 1 saturated heterocycles. The fourth-order valence-electron chi connectivity index (χ4n) is 2.87. The SMILES string of the molecule is CCC(CC)C(=O)N1CCOCC1Cc1ccccc1. The maximum Gasteiger partial charge on any atom is 0.226 e. The van der Waals surface area contributed by atoms with Gasteiger partial charge in [0.25, 0.3) is 0 Å². The molecule has 1 aromatic carbocycles.